The maximum Gasteiger partial charge on any atom is 0.433 e. The van der Waals surface area contributed by atoms with Crippen LogP contribution in [0.3, 0.4) is 0 Å². The van der Waals surface area contributed by atoms with Gasteiger partial charge >= 0.3 is 6.18 Å². The van der Waals surface area contributed by atoms with Crippen molar-refractivity contribution in [1.29, 1.82) is 0 Å². The van der Waals surface area contributed by atoms with Gasteiger partial charge in [0.25, 0.3) is 5.56 Å². The van der Waals surface area contributed by atoms with Gasteiger partial charge in [0.05, 0.1) is 12.2 Å². The van der Waals surface area contributed by atoms with Crippen molar-refractivity contribution in [3.63, 3.8) is 0 Å². The molecule has 11 heteroatoms. The van der Waals surface area contributed by atoms with E-state index in [1.165, 1.54) is 22.9 Å². The molecular formula is C21H15F3N4O3S. The molecular weight excluding hydrogens is 445 g/mol. The minimum atomic E-state index is -4.87. The Morgan fingerprint density at radius 3 is 2.50 bits per heavy atom. The molecule has 0 unspecified atom stereocenters. The number of alkyl halides is 3. The summed E-state index contributed by atoms with van der Waals surface area (Å²) in [5, 5.41) is 0.901. The topological polar surface area (TPSA) is 94.8 Å². The van der Waals surface area contributed by atoms with E-state index in [2.05, 4.69) is 15.0 Å². The molecule has 4 aromatic rings. The third-order valence-corrected chi connectivity index (χ3v) is 5.51. The minimum absolute atomic E-state index is 0.143. The fraction of sp³-hybridized carbons (Fsp3) is 0.143. The number of benzene rings is 1. The zero-order chi connectivity index (χ0) is 23.1. The van der Waals surface area contributed by atoms with Crippen LogP contribution in [0.15, 0.2) is 71.0 Å². The quantitative estimate of drug-likeness (QED) is 0.434. The molecule has 3 heterocycles. The number of sulfone groups is 1. The minimum Gasteiger partial charge on any atom is -0.310 e. The van der Waals surface area contributed by atoms with Crippen LogP contribution < -0.4 is 5.56 Å². The third kappa shape index (κ3) is 4.52. The van der Waals surface area contributed by atoms with Crippen LogP contribution >= 0.6 is 0 Å². The molecule has 0 atom stereocenters. The van der Waals surface area contributed by atoms with Crippen molar-refractivity contribution in [3.05, 3.63) is 82.7 Å². The molecule has 0 N–H and O–H groups in total. The van der Waals surface area contributed by atoms with Crippen molar-refractivity contribution in [3.8, 4) is 11.3 Å². The number of nitrogens with zero attached hydrogens (tertiary/aromatic N) is 4. The molecule has 164 valence electrons. The summed E-state index contributed by atoms with van der Waals surface area (Å²) in [5.41, 5.74) is -1.11. The van der Waals surface area contributed by atoms with E-state index in [1.54, 1.807) is 12.4 Å². The van der Waals surface area contributed by atoms with Crippen LogP contribution in [0.1, 0.15) is 11.3 Å². The molecule has 0 saturated carbocycles. The van der Waals surface area contributed by atoms with Gasteiger partial charge in [-0.05, 0) is 35.2 Å². The monoisotopic (exact) mass is 460 g/mol. The summed E-state index contributed by atoms with van der Waals surface area (Å²) >= 11 is 0. The fourth-order valence-electron chi connectivity index (χ4n) is 3.12. The van der Waals surface area contributed by atoms with Crippen LogP contribution in [-0.4, -0.2) is 34.2 Å². The van der Waals surface area contributed by atoms with E-state index in [0.29, 0.717) is 6.07 Å². The average Bonchev–Trinajstić information content (AvgIpc) is 2.73. The predicted molar refractivity (Wildman–Crippen MR) is 111 cm³/mol. The lowest BCUT2D eigenvalue weighted by Crippen LogP contribution is -2.19. The van der Waals surface area contributed by atoms with Gasteiger partial charge in [-0.1, -0.05) is 12.1 Å². The lowest BCUT2D eigenvalue weighted by Gasteiger charge is -2.12. The smallest absolute Gasteiger partial charge is 0.310 e. The fourth-order valence-corrected chi connectivity index (χ4v) is 3.65. The normalized spacial score (nSPS) is 12.2. The second-order valence-electron chi connectivity index (χ2n) is 7.13. The Bertz CT molecular complexity index is 1500. The SMILES string of the molecule is CS(=O)(=O)c1nc(-c2ccc(=O)n(Cc3ccc4ccncc4c3)c2)cc(C(F)(F)F)n1. The first-order valence-corrected chi connectivity index (χ1v) is 11.1. The van der Waals surface area contributed by atoms with Crippen LogP contribution in [0.25, 0.3) is 22.0 Å². The van der Waals surface area contributed by atoms with Gasteiger partial charge in [0.1, 0.15) is 5.69 Å². The van der Waals surface area contributed by atoms with Gasteiger partial charge in [0, 0.05) is 41.9 Å². The van der Waals surface area contributed by atoms with E-state index in [0.717, 1.165) is 22.6 Å². The highest BCUT2D eigenvalue weighted by molar-refractivity contribution is 7.90. The van der Waals surface area contributed by atoms with E-state index in [1.807, 2.05) is 24.3 Å². The Balaban J connectivity index is 1.79. The summed E-state index contributed by atoms with van der Waals surface area (Å²) in [5.74, 6) is 0. The van der Waals surface area contributed by atoms with Gasteiger partial charge < -0.3 is 4.57 Å². The summed E-state index contributed by atoms with van der Waals surface area (Å²) in [6, 6.07) is 10.5. The molecule has 0 radical (unpaired) electrons. The second-order valence-corrected chi connectivity index (χ2v) is 9.04. The van der Waals surface area contributed by atoms with Crippen LogP contribution in [-0.2, 0) is 22.6 Å². The Morgan fingerprint density at radius 1 is 1.00 bits per heavy atom. The van der Waals surface area contributed by atoms with Gasteiger partial charge in [-0.2, -0.15) is 13.2 Å². The van der Waals surface area contributed by atoms with Gasteiger partial charge in [0.15, 0.2) is 0 Å². The van der Waals surface area contributed by atoms with E-state index in [9.17, 15) is 26.4 Å². The Hall–Kier alpha value is -3.60. The zero-order valence-corrected chi connectivity index (χ0v) is 17.4. The lowest BCUT2D eigenvalue weighted by molar-refractivity contribution is -0.141. The first-order chi connectivity index (χ1) is 15.0. The first-order valence-electron chi connectivity index (χ1n) is 9.20. The van der Waals surface area contributed by atoms with Crippen LogP contribution in [0.4, 0.5) is 13.2 Å². The molecule has 0 aliphatic carbocycles. The maximum absolute atomic E-state index is 13.3. The Kier molecular flexibility index (Phi) is 5.29. The van der Waals surface area contributed by atoms with E-state index < -0.39 is 26.9 Å². The lowest BCUT2D eigenvalue weighted by atomic mass is 10.1. The average molecular weight is 460 g/mol. The molecule has 0 amide bonds. The highest BCUT2D eigenvalue weighted by Gasteiger charge is 2.35. The molecule has 32 heavy (non-hydrogen) atoms. The van der Waals surface area contributed by atoms with Crippen LogP contribution in [0.5, 0.6) is 0 Å². The van der Waals surface area contributed by atoms with Crippen molar-refractivity contribution in [2.75, 3.05) is 6.26 Å². The van der Waals surface area contributed by atoms with Gasteiger partial charge in [-0.15, -0.1) is 0 Å². The molecule has 4 rings (SSSR count). The standard InChI is InChI=1S/C21H15F3N4O3S/c1-32(30,31)20-26-17(9-18(27-20)21(22,23)24)15-4-5-19(29)28(12-15)11-13-2-3-14-6-7-25-10-16(14)8-13/h2-10,12H,11H2,1H3. The van der Waals surface area contributed by atoms with Gasteiger partial charge in [-0.3, -0.25) is 9.78 Å². The summed E-state index contributed by atoms with van der Waals surface area (Å²) in [7, 11) is -4.10. The summed E-state index contributed by atoms with van der Waals surface area (Å²) in [6.07, 6.45) is 0.540. The number of pyridine rings is 2. The van der Waals surface area contributed by atoms with E-state index >= 15 is 0 Å². The third-order valence-electron chi connectivity index (χ3n) is 4.66. The highest BCUT2D eigenvalue weighted by Crippen LogP contribution is 2.31. The largest absolute Gasteiger partial charge is 0.433 e. The molecule has 3 aromatic heterocycles. The molecule has 0 fully saturated rings. The molecule has 0 aliphatic heterocycles. The van der Waals surface area contributed by atoms with Crippen molar-refractivity contribution in [2.45, 2.75) is 17.9 Å². The number of hydrogen-bond acceptors (Lipinski definition) is 6. The van der Waals surface area contributed by atoms with Crippen LogP contribution in [0.2, 0.25) is 0 Å². The Labute approximate surface area is 180 Å². The van der Waals surface area contributed by atoms with Crippen LogP contribution in [0, 0.1) is 0 Å². The Morgan fingerprint density at radius 2 is 1.78 bits per heavy atom. The number of aromatic nitrogens is 4. The molecule has 0 saturated heterocycles. The molecule has 7 nitrogen and oxygen atoms in total. The molecule has 0 spiro atoms. The summed E-state index contributed by atoms with van der Waals surface area (Å²) in [4.78, 5) is 23.4. The van der Waals surface area contributed by atoms with E-state index in [4.69, 9.17) is 0 Å². The molecule has 0 aliphatic rings. The summed E-state index contributed by atoms with van der Waals surface area (Å²) in [6.45, 7) is 0.146. The predicted octanol–water partition coefficient (Wildman–Crippen LogP) is 3.32. The van der Waals surface area contributed by atoms with Gasteiger partial charge in [-0.25, -0.2) is 18.4 Å². The maximum atomic E-state index is 13.3. The second kappa shape index (κ2) is 7.83. The van der Waals surface area contributed by atoms with Crippen molar-refractivity contribution in [2.24, 2.45) is 0 Å². The number of hydrogen-bond donors (Lipinski definition) is 0. The van der Waals surface area contributed by atoms with Gasteiger partial charge in [0.2, 0.25) is 15.0 Å². The number of rotatable bonds is 4. The van der Waals surface area contributed by atoms with E-state index in [-0.39, 0.29) is 23.4 Å². The van der Waals surface area contributed by atoms with Crippen molar-refractivity contribution >= 4 is 20.6 Å². The number of halogens is 3. The molecule has 1 aromatic carbocycles. The molecule has 0 bridgehead atoms. The zero-order valence-electron chi connectivity index (χ0n) is 16.5. The highest BCUT2D eigenvalue weighted by atomic mass is 32.2. The van der Waals surface area contributed by atoms with Crippen molar-refractivity contribution in [1.82, 2.24) is 19.5 Å². The van der Waals surface area contributed by atoms with Crippen molar-refractivity contribution < 1.29 is 21.6 Å². The number of fused-ring (bicyclic) bond motifs is 1. The first kappa shape index (κ1) is 21.6. The summed E-state index contributed by atoms with van der Waals surface area (Å²) < 4.78 is 64.7.